The van der Waals surface area contributed by atoms with Crippen LogP contribution < -0.4 is 0 Å². The zero-order valence-electron chi connectivity index (χ0n) is 8.01. The van der Waals surface area contributed by atoms with Crippen LogP contribution in [0.5, 0.6) is 0 Å². The molecule has 1 aromatic heterocycles. The van der Waals surface area contributed by atoms with Crippen molar-refractivity contribution in [2.75, 3.05) is 0 Å². The molecule has 0 N–H and O–H groups in total. The number of aldehydes is 1. The van der Waals surface area contributed by atoms with Crippen LogP contribution in [-0.2, 0) is 0 Å². The van der Waals surface area contributed by atoms with Gasteiger partial charge in [0.2, 0.25) is 0 Å². The van der Waals surface area contributed by atoms with Gasteiger partial charge in [0.15, 0.2) is 6.29 Å². The van der Waals surface area contributed by atoms with Gasteiger partial charge in [-0.25, -0.2) is 4.68 Å². The number of carbonyl (C=O) groups is 1. The Balaban J connectivity index is 2.48. The van der Waals surface area contributed by atoms with Crippen LogP contribution >= 0.6 is 15.9 Å². The quantitative estimate of drug-likeness (QED) is 0.782. The van der Waals surface area contributed by atoms with Gasteiger partial charge >= 0.3 is 0 Å². The molecule has 0 unspecified atom stereocenters. The molecule has 0 spiro atoms. The van der Waals surface area contributed by atoms with Crippen LogP contribution in [0.1, 0.15) is 16.1 Å². The first-order valence-corrected chi connectivity index (χ1v) is 5.13. The summed E-state index contributed by atoms with van der Waals surface area (Å²) < 4.78 is 2.54. The van der Waals surface area contributed by atoms with E-state index in [2.05, 4.69) is 26.2 Å². The van der Waals surface area contributed by atoms with E-state index in [1.165, 1.54) is 0 Å². The van der Waals surface area contributed by atoms with E-state index >= 15 is 0 Å². The van der Waals surface area contributed by atoms with Crippen molar-refractivity contribution in [2.45, 2.75) is 6.92 Å². The number of hydrogen-bond acceptors (Lipinski definition) is 3. The van der Waals surface area contributed by atoms with E-state index < -0.39 is 0 Å². The zero-order valence-corrected chi connectivity index (χ0v) is 9.60. The van der Waals surface area contributed by atoms with Crippen molar-refractivity contribution >= 4 is 22.2 Å². The summed E-state index contributed by atoms with van der Waals surface area (Å²) in [5.41, 5.74) is 2.32. The highest BCUT2D eigenvalue weighted by atomic mass is 79.9. The second kappa shape index (κ2) is 3.94. The molecule has 2 rings (SSSR count). The molecular formula is C10H8BrN3O. The standard InChI is InChI=1S/C10H8BrN3O/c1-7-2-8(11)4-10(3-7)14-5-9(6-15)12-13-14/h2-6H,1H3. The van der Waals surface area contributed by atoms with Gasteiger partial charge in [-0.2, -0.15) is 0 Å². The summed E-state index contributed by atoms with van der Waals surface area (Å²) in [5, 5.41) is 7.55. The van der Waals surface area contributed by atoms with Crippen LogP contribution in [0.3, 0.4) is 0 Å². The number of halogens is 1. The van der Waals surface area contributed by atoms with Crippen molar-refractivity contribution in [3.8, 4) is 5.69 Å². The molecule has 4 nitrogen and oxygen atoms in total. The summed E-state index contributed by atoms with van der Waals surface area (Å²) in [6.45, 7) is 1.99. The predicted molar refractivity (Wildman–Crippen MR) is 59.2 cm³/mol. The maximum atomic E-state index is 10.5. The molecule has 0 aliphatic heterocycles. The second-order valence-corrected chi connectivity index (χ2v) is 4.11. The van der Waals surface area contributed by atoms with Crippen LogP contribution in [0.15, 0.2) is 28.9 Å². The lowest BCUT2D eigenvalue weighted by atomic mass is 10.2. The van der Waals surface area contributed by atoms with E-state index in [4.69, 9.17) is 0 Å². The van der Waals surface area contributed by atoms with Gasteiger partial charge < -0.3 is 0 Å². The highest BCUT2D eigenvalue weighted by Gasteiger charge is 2.02. The third-order valence-corrected chi connectivity index (χ3v) is 2.38. The topological polar surface area (TPSA) is 47.8 Å². The molecule has 0 fully saturated rings. The van der Waals surface area contributed by atoms with E-state index in [0.717, 1.165) is 15.7 Å². The molecular weight excluding hydrogens is 258 g/mol. The Bertz CT molecular complexity index is 487. The highest BCUT2D eigenvalue weighted by Crippen LogP contribution is 2.17. The van der Waals surface area contributed by atoms with Crippen molar-refractivity contribution < 1.29 is 4.79 Å². The average molecular weight is 266 g/mol. The SMILES string of the molecule is Cc1cc(Br)cc(-n2cc(C=O)nn2)c1. The number of hydrogen-bond donors (Lipinski definition) is 0. The summed E-state index contributed by atoms with van der Waals surface area (Å²) in [5.74, 6) is 0. The molecule has 0 saturated carbocycles. The molecule has 0 amide bonds. The predicted octanol–water partition coefficient (Wildman–Crippen LogP) is 2.15. The van der Waals surface area contributed by atoms with Crippen molar-refractivity contribution in [1.82, 2.24) is 15.0 Å². The van der Waals surface area contributed by atoms with Gasteiger partial charge in [0.1, 0.15) is 5.69 Å². The van der Waals surface area contributed by atoms with Gasteiger partial charge in [0, 0.05) is 4.47 Å². The maximum absolute atomic E-state index is 10.5. The van der Waals surface area contributed by atoms with Crippen LogP contribution in [0.25, 0.3) is 5.69 Å². The number of nitrogens with zero attached hydrogens (tertiary/aromatic N) is 3. The van der Waals surface area contributed by atoms with E-state index in [1.54, 1.807) is 10.9 Å². The molecule has 1 aromatic carbocycles. The Morgan fingerprint density at radius 3 is 2.80 bits per heavy atom. The van der Waals surface area contributed by atoms with Gasteiger partial charge in [-0.3, -0.25) is 4.79 Å². The number of carbonyl (C=O) groups excluding carboxylic acids is 1. The van der Waals surface area contributed by atoms with Crippen LogP contribution in [0, 0.1) is 6.92 Å². The molecule has 0 bridgehead atoms. The highest BCUT2D eigenvalue weighted by molar-refractivity contribution is 9.10. The van der Waals surface area contributed by atoms with Gasteiger partial charge in [-0.1, -0.05) is 21.1 Å². The van der Waals surface area contributed by atoms with Crippen molar-refractivity contribution in [1.29, 1.82) is 0 Å². The lowest BCUT2D eigenvalue weighted by Gasteiger charge is -2.02. The molecule has 0 aliphatic rings. The molecule has 0 radical (unpaired) electrons. The Morgan fingerprint density at radius 2 is 2.20 bits per heavy atom. The fourth-order valence-corrected chi connectivity index (χ4v) is 1.90. The molecule has 0 saturated heterocycles. The first-order chi connectivity index (χ1) is 7.19. The van der Waals surface area contributed by atoms with Gasteiger partial charge in [-0.15, -0.1) is 5.10 Å². The summed E-state index contributed by atoms with van der Waals surface area (Å²) in [6.07, 6.45) is 2.27. The second-order valence-electron chi connectivity index (χ2n) is 3.19. The Hall–Kier alpha value is -1.49. The molecule has 0 atom stereocenters. The summed E-state index contributed by atoms with van der Waals surface area (Å²) in [6, 6.07) is 5.88. The first-order valence-electron chi connectivity index (χ1n) is 4.34. The van der Waals surface area contributed by atoms with Gasteiger partial charge in [-0.05, 0) is 30.7 Å². The third-order valence-electron chi connectivity index (χ3n) is 1.92. The van der Waals surface area contributed by atoms with Crippen molar-refractivity contribution in [2.24, 2.45) is 0 Å². The maximum Gasteiger partial charge on any atom is 0.171 e. The summed E-state index contributed by atoms with van der Waals surface area (Å²) in [4.78, 5) is 10.5. The van der Waals surface area contributed by atoms with E-state index in [1.807, 2.05) is 25.1 Å². The molecule has 15 heavy (non-hydrogen) atoms. The average Bonchev–Trinajstić information content (AvgIpc) is 2.64. The largest absolute Gasteiger partial charge is 0.296 e. The number of rotatable bonds is 2. The Morgan fingerprint density at radius 1 is 1.40 bits per heavy atom. The van der Waals surface area contributed by atoms with Crippen LogP contribution in [0.2, 0.25) is 0 Å². The van der Waals surface area contributed by atoms with Gasteiger partial charge in [0.25, 0.3) is 0 Å². The number of aromatic nitrogens is 3. The molecule has 2 aromatic rings. The fourth-order valence-electron chi connectivity index (χ4n) is 1.31. The first kappa shape index (κ1) is 10.0. The van der Waals surface area contributed by atoms with Crippen molar-refractivity contribution in [3.05, 3.63) is 40.1 Å². The lowest BCUT2D eigenvalue weighted by molar-refractivity contribution is 0.111. The fraction of sp³-hybridized carbons (Fsp3) is 0.100. The van der Waals surface area contributed by atoms with Crippen LogP contribution in [-0.4, -0.2) is 21.3 Å². The minimum absolute atomic E-state index is 0.327. The smallest absolute Gasteiger partial charge is 0.171 e. The van der Waals surface area contributed by atoms with E-state index in [0.29, 0.717) is 12.0 Å². The van der Waals surface area contributed by atoms with E-state index in [-0.39, 0.29) is 0 Å². The minimum Gasteiger partial charge on any atom is -0.296 e. The third kappa shape index (κ3) is 2.12. The van der Waals surface area contributed by atoms with Crippen LogP contribution in [0.4, 0.5) is 0 Å². The summed E-state index contributed by atoms with van der Waals surface area (Å²) in [7, 11) is 0. The molecule has 1 heterocycles. The van der Waals surface area contributed by atoms with E-state index in [9.17, 15) is 4.79 Å². The molecule has 76 valence electrons. The normalized spacial score (nSPS) is 10.3. The molecule has 0 aliphatic carbocycles. The lowest BCUT2D eigenvalue weighted by Crippen LogP contribution is -1.95. The number of benzene rings is 1. The van der Waals surface area contributed by atoms with Gasteiger partial charge in [0.05, 0.1) is 11.9 Å². The Kier molecular flexibility index (Phi) is 2.64. The Labute approximate surface area is 95.0 Å². The minimum atomic E-state index is 0.327. The molecule has 5 heteroatoms. The van der Waals surface area contributed by atoms with Crippen molar-refractivity contribution in [3.63, 3.8) is 0 Å². The zero-order chi connectivity index (χ0) is 10.8. The monoisotopic (exact) mass is 265 g/mol. The number of aryl methyl sites for hydroxylation is 1. The summed E-state index contributed by atoms with van der Waals surface area (Å²) >= 11 is 3.40.